The Labute approximate surface area is 151 Å². The van der Waals surface area contributed by atoms with Gasteiger partial charge in [-0.25, -0.2) is 4.79 Å². The number of likely N-dealkylation sites (tertiary alicyclic amines) is 1. The van der Waals surface area contributed by atoms with Crippen LogP contribution in [0.2, 0.25) is 0 Å². The third kappa shape index (κ3) is 1.60. The summed E-state index contributed by atoms with van der Waals surface area (Å²) >= 11 is 0. The number of hydrogen-bond acceptors (Lipinski definition) is 6. The summed E-state index contributed by atoms with van der Waals surface area (Å²) in [6.45, 7) is 4.67. The van der Waals surface area contributed by atoms with E-state index in [1.165, 1.54) is 18.9 Å². The van der Waals surface area contributed by atoms with Gasteiger partial charge in [-0.2, -0.15) is 0 Å². The third-order valence-corrected chi connectivity index (χ3v) is 6.12. The second kappa shape index (κ2) is 4.85. The summed E-state index contributed by atoms with van der Waals surface area (Å²) in [5, 5.41) is 0. The Bertz CT molecular complexity index is 825. The van der Waals surface area contributed by atoms with Gasteiger partial charge in [0, 0.05) is 26.7 Å². The first-order valence-corrected chi connectivity index (χ1v) is 8.54. The van der Waals surface area contributed by atoms with Gasteiger partial charge in [-0.15, -0.1) is 0 Å². The molecule has 138 valence electrons. The topological polar surface area (TPSA) is 82.1 Å². The van der Waals surface area contributed by atoms with E-state index >= 15 is 0 Å². The molecule has 0 spiro atoms. The molecule has 0 unspecified atom stereocenters. The molecule has 0 saturated carbocycles. The lowest BCUT2D eigenvalue weighted by Crippen LogP contribution is -2.70. The molecule has 2 bridgehead atoms. The lowest BCUT2D eigenvalue weighted by atomic mass is 9.64. The molecule has 4 atom stereocenters. The molecule has 1 amide bonds. The summed E-state index contributed by atoms with van der Waals surface area (Å²) < 4.78 is 16.7. The van der Waals surface area contributed by atoms with Gasteiger partial charge in [0.1, 0.15) is 5.72 Å². The van der Waals surface area contributed by atoms with E-state index < -0.39 is 34.4 Å². The monoisotopic (exact) mass is 359 g/mol. The van der Waals surface area contributed by atoms with Crippen LogP contribution in [0.3, 0.4) is 0 Å². The number of rotatable bonds is 3. The fourth-order valence-electron chi connectivity index (χ4n) is 5.47. The van der Waals surface area contributed by atoms with Gasteiger partial charge < -0.3 is 14.2 Å². The van der Waals surface area contributed by atoms with Crippen molar-refractivity contribution in [2.24, 2.45) is 5.41 Å². The standard InChI is InChI=1S/C19H21NO6/c1-12(21)20-16(2)11-18(14(22)24-4)17(3,26-16)25-15(23)19(18,20)10-13-8-6-5-7-9-13/h5-9H,10-11H2,1-4H3/t16-,17+,18-,19-/m0/s1. The molecule has 7 nitrogen and oxygen atoms in total. The van der Waals surface area contributed by atoms with E-state index in [4.69, 9.17) is 14.2 Å². The molecule has 3 fully saturated rings. The van der Waals surface area contributed by atoms with Gasteiger partial charge >= 0.3 is 11.9 Å². The maximum Gasteiger partial charge on any atom is 0.336 e. The van der Waals surface area contributed by atoms with Gasteiger partial charge in [0.25, 0.3) is 0 Å². The van der Waals surface area contributed by atoms with E-state index in [9.17, 15) is 14.4 Å². The van der Waals surface area contributed by atoms with Crippen LogP contribution in [0.1, 0.15) is 32.8 Å². The van der Waals surface area contributed by atoms with E-state index in [1.807, 2.05) is 30.3 Å². The minimum atomic E-state index is -1.50. The largest absolute Gasteiger partial charge is 0.468 e. The van der Waals surface area contributed by atoms with Crippen molar-refractivity contribution in [2.75, 3.05) is 7.11 Å². The number of amides is 1. The molecule has 0 aliphatic carbocycles. The molecule has 0 radical (unpaired) electrons. The van der Waals surface area contributed by atoms with Gasteiger partial charge in [0.15, 0.2) is 11.0 Å². The fraction of sp³-hybridized carbons (Fsp3) is 0.526. The normalized spacial score (nSPS) is 39.8. The lowest BCUT2D eigenvalue weighted by Gasteiger charge is -2.49. The van der Waals surface area contributed by atoms with Crippen LogP contribution in [-0.2, 0) is 35.0 Å². The number of methoxy groups -OCH3 is 1. The van der Waals surface area contributed by atoms with E-state index in [0.29, 0.717) is 0 Å². The van der Waals surface area contributed by atoms with Crippen molar-refractivity contribution in [3.63, 3.8) is 0 Å². The molecule has 26 heavy (non-hydrogen) atoms. The molecule has 3 heterocycles. The van der Waals surface area contributed by atoms with Crippen LogP contribution in [0, 0.1) is 5.41 Å². The van der Waals surface area contributed by atoms with Crippen LogP contribution in [0.5, 0.6) is 0 Å². The summed E-state index contributed by atoms with van der Waals surface area (Å²) in [5.74, 6) is -3.07. The summed E-state index contributed by atoms with van der Waals surface area (Å²) in [5.41, 5.74) is -3.24. The van der Waals surface area contributed by atoms with Gasteiger partial charge in [-0.1, -0.05) is 30.3 Å². The highest BCUT2D eigenvalue weighted by atomic mass is 16.8. The van der Waals surface area contributed by atoms with Crippen LogP contribution in [0.15, 0.2) is 30.3 Å². The highest BCUT2D eigenvalue weighted by Gasteiger charge is 2.92. The minimum Gasteiger partial charge on any atom is -0.468 e. The zero-order valence-corrected chi connectivity index (χ0v) is 15.2. The molecular formula is C19H21NO6. The minimum absolute atomic E-state index is 0.140. The number of fused-ring (bicyclic) bond motifs is 1. The second-order valence-corrected chi connectivity index (χ2v) is 7.56. The van der Waals surface area contributed by atoms with Gasteiger partial charge in [0.2, 0.25) is 11.7 Å². The summed E-state index contributed by atoms with van der Waals surface area (Å²) in [6, 6.07) is 9.27. The lowest BCUT2D eigenvalue weighted by molar-refractivity contribution is -0.285. The Morgan fingerprint density at radius 2 is 1.88 bits per heavy atom. The summed E-state index contributed by atoms with van der Waals surface area (Å²) in [7, 11) is 1.27. The molecular weight excluding hydrogens is 338 g/mol. The Balaban J connectivity index is 2.01. The van der Waals surface area contributed by atoms with Crippen LogP contribution in [0.25, 0.3) is 0 Å². The SMILES string of the molecule is COC(=O)[C@@]12C[C@]3(C)O[C@@]1(C)OC(=O)[C@]2(Cc1ccccc1)N3C(C)=O. The average molecular weight is 359 g/mol. The first-order chi connectivity index (χ1) is 12.2. The van der Waals surface area contributed by atoms with Gasteiger partial charge in [0.05, 0.1) is 7.11 Å². The molecule has 3 aliphatic rings. The van der Waals surface area contributed by atoms with Crippen molar-refractivity contribution in [3.8, 4) is 0 Å². The zero-order valence-electron chi connectivity index (χ0n) is 15.2. The number of nitrogens with zero attached hydrogens (tertiary/aromatic N) is 1. The summed E-state index contributed by atoms with van der Waals surface area (Å²) in [4.78, 5) is 40.2. The zero-order chi connectivity index (χ0) is 19.0. The molecule has 0 N–H and O–H groups in total. The highest BCUT2D eigenvalue weighted by Crippen LogP contribution is 2.72. The molecule has 3 aliphatic heterocycles. The van der Waals surface area contributed by atoms with Crippen molar-refractivity contribution >= 4 is 17.8 Å². The quantitative estimate of drug-likeness (QED) is 0.759. The number of hydrogen-bond donors (Lipinski definition) is 0. The fourth-order valence-corrected chi connectivity index (χ4v) is 5.47. The van der Waals surface area contributed by atoms with Crippen molar-refractivity contribution in [2.45, 2.75) is 50.7 Å². The maximum absolute atomic E-state index is 13.2. The summed E-state index contributed by atoms with van der Waals surface area (Å²) in [6.07, 6.45) is 0.289. The highest BCUT2D eigenvalue weighted by molar-refractivity contribution is 6.01. The van der Waals surface area contributed by atoms with Crippen LogP contribution in [-0.4, -0.2) is 46.9 Å². The average Bonchev–Trinajstić information content (AvgIpc) is 2.99. The van der Waals surface area contributed by atoms with Gasteiger partial charge in [-0.05, 0) is 12.5 Å². The number of carbonyl (C=O) groups excluding carboxylic acids is 3. The van der Waals surface area contributed by atoms with Crippen molar-refractivity contribution in [3.05, 3.63) is 35.9 Å². The molecule has 3 saturated heterocycles. The van der Waals surface area contributed by atoms with E-state index in [0.717, 1.165) is 5.56 Å². The van der Waals surface area contributed by atoms with Crippen molar-refractivity contribution in [1.29, 1.82) is 0 Å². The van der Waals surface area contributed by atoms with Crippen molar-refractivity contribution in [1.82, 2.24) is 4.90 Å². The number of ether oxygens (including phenoxy) is 3. The second-order valence-electron chi connectivity index (χ2n) is 7.56. The predicted octanol–water partition coefficient (Wildman–Crippen LogP) is 1.40. The van der Waals surface area contributed by atoms with E-state index in [2.05, 4.69) is 0 Å². The predicted molar refractivity (Wildman–Crippen MR) is 88.5 cm³/mol. The Morgan fingerprint density at radius 1 is 1.23 bits per heavy atom. The van der Waals surface area contributed by atoms with Crippen LogP contribution < -0.4 is 0 Å². The Hall–Kier alpha value is -2.41. The molecule has 0 aromatic heterocycles. The van der Waals surface area contributed by atoms with E-state index in [1.54, 1.807) is 13.8 Å². The molecule has 7 heteroatoms. The molecule has 4 rings (SSSR count). The number of carbonyl (C=O) groups is 3. The van der Waals surface area contributed by atoms with Gasteiger partial charge in [-0.3, -0.25) is 14.5 Å². The van der Waals surface area contributed by atoms with Crippen LogP contribution in [0.4, 0.5) is 0 Å². The number of benzene rings is 1. The third-order valence-electron chi connectivity index (χ3n) is 6.12. The van der Waals surface area contributed by atoms with Crippen LogP contribution >= 0.6 is 0 Å². The van der Waals surface area contributed by atoms with E-state index in [-0.39, 0.29) is 18.7 Å². The first kappa shape index (κ1) is 17.0. The van der Waals surface area contributed by atoms with Crippen molar-refractivity contribution < 1.29 is 28.6 Å². The Morgan fingerprint density at radius 3 is 2.46 bits per heavy atom. The molecule has 1 aromatic rings. The molecule has 1 aromatic carbocycles. The maximum atomic E-state index is 13.2. The first-order valence-electron chi connectivity index (χ1n) is 8.54. The smallest absolute Gasteiger partial charge is 0.336 e. The Kier molecular flexibility index (Phi) is 3.18. The number of esters is 2.